The quantitative estimate of drug-likeness (QED) is 0.0378. The lowest BCUT2D eigenvalue weighted by molar-refractivity contribution is -0.152. The lowest BCUT2D eigenvalue weighted by Gasteiger charge is -2.12. The maximum atomic E-state index is 11.9. The van der Waals surface area contributed by atoms with Gasteiger partial charge in [0.1, 0.15) is 19.3 Å². The topological polar surface area (TPSA) is 93.1 Å². The maximum Gasteiger partial charge on any atom is 0.306 e. The lowest BCUT2D eigenvalue weighted by Crippen LogP contribution is -2.25. The molecule has 0 heterocycles. The highest BCUT2D eigenvalue weighted by Gasteiger charge is 2.11. The molecule has 1 unspecified atom stereocenters. The summed E-state index contributed by atoms with van der Waals surface area (Å²) in [4.78, 5) is 23.8. The zero-order chi connectivity index (χ0) is 32.4. The lowest BCUT2D eigenvalue weighted by atomic mass is 10.1. The molecule has 0 aromatic rings. The molecule has 0 amide bonds. The monoisotopic (exact) mass is 614 g/mol. The van der Waals surface area contributed by atoms with Gasteiger partial charge in [0.05, 0.1) is 6.10 Å². The third-order valence-corrected chi connectivity index (χ3v) is 6.80. The van der Waals surface area contributed by atoms with E-state index >= 15 is 0 Å². The second kappa shape index (κ2) is 33.2. The van der Waals surface area contributed by atoms with Crippen molar-refractivity contribution in [3.63, 3.8) is 0 Å². The van der Waals surface area contributed by atoms with Gasteiger partial charge in [0, 0.05) is 12.8 Å². The number of hydrogen-bond donors (Lipinski definition) is 2. The molecular formula is C38H62O6. The Morgan fingerprint density at radius 3 is 1.70 bits per heavy atom. The van der Waals surface area contributed by atoms with E-state index in [9.17, 15) is 19.8 Å². The third-order valence-electron chi connectivity index (χ3n) is 6.80. The fourth-order valence-corrected chi connectivity index (χ4v) is 4.19. The highest BCUT2D eigenvalue weighted by Crippen LogP contribution is 2.11. The summed E-state index contributed by atoms with van der Waals surface area (Å²) < 4.78 is 10.2. The van der Waals surface area contributed by atoms with Gasteiger partial charge < -0.3 is 19.7 Å². The van der Waals surface area contributed by atoms with E-state index in [0.717, 1.165) is 44.9 Å². The molecule has 250 valence electrons. The summed E-state index contributed by atoms with van der Waals surface area (Å²) in [6.45, 7) is 3.99. The number of carbonyl (C=O) groups is 2. The Morgan fingerprint density at radius 1 is 0.591 bits per heavy atom. The Hall–Kier alpha value is -2.70. The van der Waals surface area contributed by atoms with Crippen molar-refractivity contribution in [2.75, 3.05) is 13.2 Å². The number of ether oxygens (including phenoxy) is 2. The summed E-state index contributed by atoms with van der Waals surface area (Å²) >= 11 is 0. The average Bonchev–Trinajstić information content (AvgIpc) is 3.02. The van der Waals surface area contributed by atoms with Crippen LogP contribution in [0.2, 0.25) is 0 Å². The summed E-state index contributed by atoms with van der Waals surface area (Å²) in [5, 5.41) is 20.0. The first-order valence-corrected chi connectivity index (χ1v) is 17.1. The molecule has 0 aliphatic carbocycles. The summed E-state index contributed by atoms with van der Waals surface area (Å²) in [5.74, 6) is -0.749. The van der Waals surface area contributed by atoms with E-state index in [1.807, 2.05) is 30.4 Å². The van der Waals surface area contributed by atoms with Gasteiger partial charge in [-0.3, -0.25) is 9.59 Å². The van der Waals surface area contributed by atoms with E-state index in [2.05, 4.69) is 50.3 Å². The van der Waals surface area contributed by atoms with Crippen LogP contribution < -0.4 is 0 Å². The van der Waals surface area contributed by atoms with Crippen molar-refractivity contribution in [3.8, 4) is 0 Å². The molecule has 0 saturated carbocycles. The molecule has 44 heavy (non-hydrogen) atoms. The van der Waals surface area contributed by atoms with Gasteiger partial charge in [-0.15, -0.1) is 0 Å². The number of aliphatic hydroxyl groups excluding tert-OH is 2. The first-order chi connectivity index (χ1) is 21.5. The molecule has 0 aliphatic heterocycles. The molecule has 0 bridgehead atoms. The van der Waals surface area contributed by atoms with E-state index in [0.29, 0.717) is 19.3 Å². The molecule has 0 aromatic carbocycles. The van der Waals surface area contributed by atoms with Crippen LogP contribution in [-0.4, -0.2) is 47.6 Å². The van der Waals surface area contributed by atoms with Crippen molar-refractivity contribution < 1.29 is 29.3 Å². The molecule has 2 N–H and O–H groups in total. The molecule has 0 saturated heterocycles. The fraction of sp³-hybridized carbons (Fsp3) is 0.632. The number of esters is 2. The van der Waals surface area contributed by atoms with Crippen LogP contribution in [0.4, 0.5) is 0 Å². The van der Waals surface area contributed by atoms with E-state index in [1.165, 1.54) is 44.9 Å². The van der Waals surface area contributed by atoms with Gasteiger partial charge in [0.25, 0.3) is 0 Å². The number of rotatable bonds is 29. The zero-order valence-corrected chi connectivity index (χ0v) is 27.8. The molecule has 2 atom stereocenters. The number of carbonyl (C=O) groups excluding carboxylic acids is 2. The van der Waals surface area contributed by atoms with Crippen molar-refractivity contribution in [3.05, 3.63) is 72.9 Å². The van der Waals surface area contributed by atoms with Crippen molar-refractivity contribution in [1.82, 2.24) is 0 Å². The Bertz CT molecular complexity index is 851. The van der Waals surface area contributed by atoms with Gasteiger partial charge in [-0.1, -0.05) is 145 Å². The van der Waals surface area contributed by atoms with Gasteiger partial charge in [-0.25, -0.2) is 0 Å². The predicted octanol–water partition coefficient (Wildman–Crippen LogP) is 9.19. The Morgan fingerprint density at radius 2 is 1.11 bits per heavy atom. The molecular weight excluding hydrogens is 552 g/mol. The van der Waals surface area contributed by atoms with Crippen molar-refractivity contribution in [2.45, 2.75) is 142 Å². The molecule has 6 heteroatoms. The zero-order valence-electron chi connectivity index (χ0n) is 27.8. The number of aliphatic hydroxyl groups is 2. The summed E-state index contributed by atoms with van der Waals surface area (Å²) in [5.41, 5.74) is 0. The van der Waals surface area contributed by atoms with Crippen LogP contribution in [0.25, 0.3) is 0 Å². The SMILES string of the molecule is CC/C=C\C/C=C\C/C=C\C/C=C\C=C/C(O)C/C=C\CCC(=O)OC[C@@H](O)COC(=O)CCCCCCCCCCCC. The van der Waals surface area contributed by atoms with Crippen LogP contribution in [0.1, 0.15) is 129 Å². The number of allylic oxidation sites excluding steroid dienone is 10. The van der Waals surface area contributed by atoms with Gasteiger partial charge >= 0.3 is 11.9 Å². The fourth-order valence-electron chi connectivity index (χ4n) is 4.19. The highest BCUT2D eigenvalue weighted by atomic mass is 16.6. The summed E-state index contributed by atoms with van der Waals surface area (Å²) in [7, 11) is 0. The van der Waals surface area contributed by atoms with Crippen LogP contribution in [0.15, 0.2) is 72.9 Å². The minimum Gasteiger partial charge on any atom is -0.463 e. The first kappa shape index (κ1) is 41.3. The third kappa shape index (κ3) is 32.2. The van der Waals surface area contributed by atoms with Crippen molar-refractivity contribution in [2.24, 2.45) is 0 Å². The minimum absolute atomic E-state index is 0.171. The Balaban J connectivity index is 3.75. The second-order valence-electron chi connectivity index (χ2n) is 11.1. The normalized spacial score (nSPS) is 13.8. The minimum atomic E-state index is -1.03. The number of hydrogen-bond acceptors (Lipinski definition) is 6. The Labute approximate surface area is 268 Å². The van der Waals surface area contributed by atoms with Gasteiger partial charge in [0.2, 0.25) is 0 Å². The molecule has 0 spiro atoms. The van der Waals surface area contributed by atoms with Crippen LogP contribution in [-0.2, 0) is 19.1 Å². The van der Waals surface area contributed by atoms with Gasteiger partial charge in [0.15, 0.2) is 0 Å². The molecule has 0 radical (unpaired) electrons. The summed E-state index contributed by atoms with van der Waals surface area (Å²) in [6.07, 6.45) is 39.9. The van der Waals surface area contributed by atoms with Crippen LogP contribution in [0.5, 0.6) is 0 Å². The average molecular weight is 615 g/mol. The second-order valence-corrected chi connectivity index (χ2v) is 11.1. The molecule has 0 fully saturated rings. The number of unbranched alkanes of at least 4 members (excludes halogenated alkanes) is 9. The molecule has 0 aromatic heterocycles. The molecule has 6 nitrogen and oxygen atoms in total. The van der Waals surface area contributed by atoms with Crippen molar-refractivity contribution in [1.29, 1.82) is 0 Å². The van der Waals surface area contributed by atoms with E-state index < -0.39 is 18.2 Å². The standard InChI is InChI=1S/C38H62O6/c1-3-5-7-9-11-13-15-16-17-18-20-22-25-29-35(39)30-26-24-28-32-38(42)44-34-36(40)33-43-37(41)31-27-23-21-19-14-12-10-8-6-4-2/h5,7,11,13,16-17,20,22,24-26,29,35-36,39-40H,3-4,6,8-10,12,14-15,18-19,21,23,27-28,30-34H2,1-2H3/b7-5-,13-11-,17-16-,22-20-,26-24-,29-25-/t35?,36-/m0/s1. The highest BCUT2D eigenvalue weighted by molar-refractivity contribution is 5.70. The van der Waals surface area contributed by atoms with Gasteiger partial charge in [-0.05, 0) is 44.9 Å². The van der Waals surface area contributed by atoms with Crippen LogP contribution in [0.3, 0.4) is 0 Å². The Kier molecular flexibility index (Phi) is 31.2. The molecule has 0 aliphatic rings. The van der Waals surface area contributed by atoms with E-state index in [4.69, 9.17) is 9.47 Å². The van der Waals surface area contributed by atoms with E-state index in [-0.39, 0.29) is 25.6 Å². The van der Waals surface area contributed by atoms with Crippen LogP contribution >= 0.6 is 0 Å². The first-order valence-electron chi connectivity index (χ1n) is 17.1. The largest absolute Gasteiger partial charge is 0.463 e. The maximum absolute atomic E-state index is 11.9. The van der Waals surface area contributed by atoms with E-state index in [1.54, 1.807) is 6.08 Å². The smallest absolute Gasteiger partial charge is 0.306 e. The van der Waals surface area contributed by atoms with Gasteiger partial charge in [-0.2, -0.15) is 0 Å². The predicted molar refractivity (Wildman–Crippen MR) is 183 cm³/mol. The van der Waals surface area contributed by atoms with Crippen molar-refractivity contribution >= 4 is 11.9 Å². The molecule has 0 rings (SSSR count). The van der Waals surface area contributed by atoms with Crippen LogP contribution in [0, 0.1) is 0 Å². The summed E-state index contributed by atoms with van der Waals surface area (Å²) in [6, 6.07) is 0.